The third kappa shape index (κ3) is 9.53. The molecule has 0 aliphatic carbocycles. The molecule has 0 saturated heterocycles. The van der Waals surface area contributed by atoms with Gasteiger partial charge in [0, 0.05) is 31.7 Å². The fraction of sp³-hybridized carbons (Fsp3) is 0.632. The van der Waals surface area contributed by atoms with E-state index in [1.165, 1.54) is 5.56 Å². The molecule has 0 radical (unpaired) electrons. The largest absolute Gasteiger partial charge is 0.444 e. The molecule has 1 rings (SSSR count). The zero-order valence-corrected chi connectivity index (χ0v) is 16.0. The number of likely N-dealkylation sites (N-methyl/N-ethyl adjacent to an activating group) is 1. The highest BCUT2D eigenvalue weighted by Gasteiger charge is 2.20. The van der Waals surface area contributed by atoms with Gasteiger partial charge in [-0.05, 0) is 47.2 Å². The van der Waals surface area contributed by atoms with Crippen molar-refractivity contribution in [1.82, 2.24) is 15.5 Å². The molecule has 0 atom stereocenters. The van der Waals surface area contributed by atoms with Crippen molar-refractivity contribution in [2.75, 3.05) is 26.7 Å². The molecule has 0 aromatic heterocycles. The van der Waals surface area contributed by atoms with E-state index in [9.17, 15) is 4.79 Å². The van der Waals surface area contributed by atoms with Crippen LogP contribution in [0.2, 0.25) is 0 Å². The number of amides is 1. The third-order valence-electron chi connectivity index (χ3n) is 3.36. The Morgan fingerprint density at radius 1 is 1.08 bits per heavy atom. The number of ether oxygens (including phenoxy) is 1. The first-order valence-electron chi connectivity index (χ1n) is 8.52. The van der Waals surface area contributed by atoms with Crippen LogP contribution in [0.1, 0.15) is 40.2 Å². The van der Waals surface area contributed by atoms with E-state index in [1.54, 1.807) is 0 Å². The minimum atomic E-state index is -0.461. The first kappa shape index (κ1) is 20.5. The van der Waals surface area contributed by atoms with Crippen LogP contribution in [0.15, 0.2) is 30.3 Å². The van der Waals surface area contributed by atoms with Crippen LogP contribution in [-0.4, -0.2) is 48.8 Å². The summed E-state index contributed by atoms with van der Waals surface area (Å²) in [4.78, 5) is 13.9. The maximum Gasteiger partial charge on any atom is 0.407 e. The third-order valence-corrected chi connectivity index (χ3v) is 3.36. The highest BCUT2D eigenvalue weighted by atomic mass is 16.6. The van der Waals surface area contributed by atoms with Gasteiger partial charge in [0.25, 0.3) is 0 Å². The normalized spacial score (nSPS) is 12.3. The van der Waals surface area contributed by atoms with E-state index in [-0.39, 0.29) is 11.6 Å². The van der Waals surface area contributed by atoms with Gasteiger partial charge in [0.2, 0.25) is 0 Å². The van der Waals surface area contributed by atoms with Gasteiger partial charge in [-0.25, -0.2) is 4.79 Å². The van der Waals surface area contributed by atoms with Gasteiger partial charge in [-0.1, -0.05) is 30.3 Å². The fourth-order valence-corrected chi connectivity index (χ4v) is 2.56. The van der Waals surface area contributed by atoms with Gasteiger partial charge >= 0.3 is 6.09 Å². The molecule has 0 bridgehead atoms. The molecule has 0 aliphatic heterocycles. The first-order chi connectivity index (χ1) is 11.1. The summed E-state index contributed by atoms with van der Waals surface area (Å²) in [5.41, 5.74) is 0.804. The maximum absolute atomic E-state index is 11.6. The summed E-state index contributed by atoms with van der Waals surface area (Å²) in [6, 6.07) is 10.4. The molecule has 1 aromatic rings. The molecule has 136 valence electrons. The molecule has 0 aliphatic rings. The van der Waals surface area contributed by atoms with Crippen molar-refractivity contribution < 1.29 is 9.53 Å². The summed E-state index contributed by atoms with van der Waals surface area (Å²) in [7, 11) is 2.12. The van der Waals surface area contributed by atoms with E-state index in [0.29, 0.717) is 13.1 Å². The molecule has 24 heavy (non-hydrogen) atoms. The molecule has 0 spiro atoms. The minimum absolute atomic E-state index is 0.0425. The van der Waals surface area contributed by atoms with Crippen LogP contribution in [0.5, 0.6) is 0 Å². The maximum atomic E-state index is 11.6. The molecule has 0 fully saturated rings. The van der Waals surface area contributed by atoms with Crippen LogP contribution in [0.3, 0.4) is 0 Å². The lowest BCUT2D eigenvalue weighted by molar-refractivity contribution is 0.0526. The Kier molecular flexibility index (Phi) is 7.70. The van der Waals surface area contributed by atoms with Crippen LogP contribution in [-0.2, 0) is 11.3 Å². The second-order valence-corrected chi connectivity index (χ2v) is 7.90. The summed E-state index contributed by atoms with van der Waals surface area (Å²) in [6.45, 7) is 13.0. The molecule has 2 N–H and O–H groups in total. The lowest BCUT2D eigenvalue weighted by atomic mass is 10.0. The summed E-state index contributed by atoms with van der Waals surface area (Å²) in [5.74, 6) is 0. The summed E-state index contributed by atoms with van der Waals surface area (Å²) in [6.07, 6.45) is -0.372. The highest BCUT2D eigenvalue weighted by molar-refractivity contribution is 5.67. The molecule has 1 amide bonds. The van der Waals surface area contributed by atoms with Crippen LogP contribution in [0.25, 0.3) is 0 Å². The average Bonchev–Trinajstić information content (AvgIpc) is 2.42. The molecule has 5 nitrogen and oxygen atoms in total. The first-order valence-corrected chi connectivity index (χ1v) is 8.52. The Morgan fingerprint density at radius 3 is 2.29 bits per heavy atom. The van der Waals surface area contributed by atoms with E-state index in [2.05, 4.69) is 60.7 Å². The number of rotatable bonds is 8. The minimum Gasteiger partial charge on any atom is -0.444 e. The molecule has 1 aromatic carbocycles. The molecule has 0 unspecified atom stereocenters. The van der Waals surface area contributed by atoms with E-state index >= 15 is 0 Å². The molecular weight excluding hydrogens is 302 g/mol. The van der Waals surface area contributed by atoms with E-state index in [1.807, 2.05) is 26.8 Å². The number of carbonyl (C=O) groups is 1. The highest BCUT2D eigenvalue weighted by Crippen LogP contribution is 2.09. The van der Waals surface area contributed by atoms with E-state index in [4.69, 9.17) is 4.74 Å². The lowest BCUT2D eigenvalue weighted by Crippen LogP contribution is -2.50. The number of hydrogen-bond donors (Lipinski definition) is 2. The van der Waals surface area contributed by atoms with Crippen LogP contribution in [0, 0.1) is 0 Å². The van der Waals surface area contributed by atoms with Gasteiger partial charge in [-0.3, -0.25) is 0 Å². The second-order valence-electron chi connectivity index (χ2n) is 7.90. The number of benzene rings is 1. The molecular formula is C19H33N3O2. The Balaban J connectivity index is 2.27. The van der Waals surface area contributed by atoms with Crippen LogP contribution in [0.4, 0.5) is 4.79 Å². The number of nitrogens with zero attached hydrogens (tertiary/aromatic N) is 1. The van der Waals surface area contributed by atoms with Crippen LogP contribution >= 0.6 is 0 Å². The number of carbonyl (C=O) groups excluding carboxylic acids is 1. The van der Waals surface area contributed by atoms with Crippen molar-refractivity contribution in [2.24, 2.45) is 0 Å². The quantitative estimate of drug-likeness (QED) is 0.717. The predicted molar refractivity (Wildman–Crippen MR) is 99.1 cm³/mol. The standard InChI is InChI=1S/C19H33N3O2/c1-18(2,3)24-17(23)20-12-13-21-19(4,5)15-22(6)14-16-10-8-7-9-11-16/h7-11,21H,12-15H2,1-6H3,(H,20,23). The van der Waals surface area contributed by atoms with Gasteiger partial charge in [0.1, 0.15) is 5.60 Å². The molecule has 0 saturated carbocycles. The summed E-state index contributed by atoms with van der Waals surface area (Å²) < 4.78 is 5.21. The molecule has 0 heterocycles. The lowest BCUT2D eigenvalue weighted by Gasteiger charge is -2.31. The van der Waals surface area contributed by atoms with Crippen molar-refractivity contribution in [3.63, 3.8) is 0 Å². The SMILES string of the molecule is CN(Cc1ccccc1)CC(C)(C)NCCNC(=O)OC(C)(C)C. The smallest absolute Gasteiger partial charge is 0.407 e. The zero-order chi connectivity index (χ0) is 18.2. The monoisotopic (exact) mass is 335 g/mol. The molecule has 5 heteroatoms. The van der Waals surface area contributed by atoms with E-state index < -0.39 is 5.60 Å². The van der Waals surface area contributed by atoms with Gasteiger partial charge in [0.05, 0.1) is 0 Å². The van der Waals surface area contributed by atoms with Crippen molar-refractivity contribution in [3.8, 4) is 0 Å². The Hall–Kier alpha value is -1.59. The average molecular weight is 335 g/mol. The number of nitrogens with one attached hydrogen (secondary N) is 2. The Morgan fingerprint density at radius 2 is 1.71 bits per heavy atom. The zero-order valence-electron chi connectivity index (χ0n) is 16.0. The van der Waals surface area contributed by atoms with Gasteiger partial charge in [0.15, 0.2) is 0 Å². The van der Waals surface area contributed by atoms with Gasteiger partial charge in [-0.15, -0.1) is 0 Å². The van der Waals surface area contributed by atoms with E-state index in [0.717, 1.165) is 13.1 Å². The van der Waals surface area contributed by atoms with Crippen molar-refractivity contribution in [3.05, 3.63) is 35.9 Å². The fourth-order valence-electron chi connectivity index (χ4n) is 2.56. The Bertz CT molecular complexity index is 495. The predicted octanol–water partition coefficient (Wildman–Crippen LogP) is 3.01. The summed E-state index contributed by atoms with van der Waals surface area (Å²) in [5, 5.41) is 6.25. The Labute approximate surface area is 146 Å². The van der Waals surface area contributed by atoms with Crippen molar-refractivity contribution >= 4 is 6.09 Å². The number of hydrogen-bond acceptors (Lipinski definition) is 4. The van der Waals surface area contributed by atoms with Gasteiger partial charge < -0.3 is 20.3 Å². The van der Waals surface area contributed by atoms with Crippen molar-refractivity contribution in [1.29, 1.82) is 0 Å². The second kappa shape index (κ2) is 9.04. The number of alkyl carbamates (subject to hydrolysis) is 1. The topological polar surface area (TPSA) is 53.6 Å². The summed E-state index contributed by atoms with van der Waals surface area (Å²) >= 11 is 0. The van der Waals surface area contributed by atoms with Crippen LogP contribution < -0.4 is 10.6 Å². The van der Waals surface area contributed by atoms with Crippen molar-refractivity contribution in [2.45, 2.75) is 52.3 Å². The van der Waals surface area contributed by atoms with Gasteiger partial charge in [-0.2, -0.15) is 0 Å².